The first-order chi connectivity index (χ1) is 6.52. The number of amides is 1. The Morgan fingerprint density at radius 2 is 2.00 bits per heavy atom. The third-order valence-electron chi connectivity index (χ3n) is 1.87. The van der Waals surface area contributed by atoms with Crippen molar-refractivity contribution in [1.82, 2.24) is 0 Å². The zero-order valence-electron chi connectivity index (χ0n) is 8.00. The van der Waals surface area contributed by atoms with E-state index in [1.54, 1.807) is 19.1 Å². The predicted octanol–water partition coefficient (Wildman–Crippen LogP) is 1.65. The molecular formula is C10H11NO3. The van der Waals surface area contributed by atoms with Gasteiger partial charge in [-0.2, -0.15) is 0 Å². The molecule has 0 aromatic heterocycles. The number of hydrogen-bond donors (Lipinski definition) is 2. The van der Waals surface area contributed by atoms with Gasteiger partial charge in [-0.3, -0.25) is 4.79 Å². The van der Waals surface area contributed by atoms with Crippen LogP contribution in [0.3, 0.4) is 0 Å². The van der Waals surface area contributed by atoms with Gasteiger partial charge < -0.3 is 10.4 Å². The smallest absolute Gasteiger partial charge is 0.336 e. The topological polar surface area (TPSA) is 66.4 Å². The molecule has 0 atom stereocenters. The van der Waals surface area contributed by atoms with Crippen molar-refractivity contribution < 1.29 is 14.7 Å². The highest BCUT2D eigenvalue weighted by atomic mass is 16.4. The van der Waals surface area contributed by atoms with Crippen molar-refractivity contribution in [3.05, 3.63) is 29.3 Å². The van der Waals surface area contributed by atoms with E-state index in [0.29, 0.717) is 11.3 Å². The molecule has 0 unspecified atom stereocenters. The van der Waals surface area contributed by atoms with Gasteiger partial charge in [0.05, 0.1) is 5.56 Å². The van der Waals surface area contributed by atoms with E-state index in [2.05, 4.69) is 5.32 Å². The first-order valence-corrected chi connectivity index (χ1v) is 4.13. The zero-order chi connectivity index (χ0) is 10.7. The number of carbonyl (C=O) groups excluding carboxylic acids is 1. The summed E-state index contributed by atoms with van der Waals surface area (Å²) in [7, 11) is 0. The normalized spacial score (nSPS) is 9.57. The lowest BCUT2D eigenvalue weighted by Crippen LogP contribution is -2.09. The highest BCUT2D eigenvalue weighted by molar-refractivity contribution is 5.95. The van der Waals surface area contributed by atoms with E-state index < -0.39 is 5.97 Å². The molecule has 1 aromatic carbocycles. The highest BCUT2D eigenvalue weighted by Crippen LogP contribution is 2.18. The fourth-order valence-corrected chi connectivity index (χ4v) is 1.19. The number of rotatable bonds is 2. The Morgan fingerprint density at radius 1 is 1.36 bits per heavy atom. The van der Waals surface area contributed by atoms with Gasteiger partial charge in [0.15, 0.2) is 0 Å². The maximum absolute atomic E-state index is 10.8. The number of benzene rings is 1. The zero-order valence-corrected chi connectivity index (χ0v) is 8.00. The van der Waals surface area contributed by atoms with E-state index in [1.165, 1.54) is 13.0 Å². The van der Waals surface area contributed by atoms with Crippen molar-refractivity contribution in [2.45, 2.75) is 13.8 Å². The molecule has 0 saturated heterocycles. The van der Waals surface area contributed by atoms with E-state index in [4.69, 9.17) is 5.11 Å². The Kier molecular flexibility index (Phi) is 2.86. The van der Waals surface area contributed by atoms with Crippen molar-refractivity contribution in [2.75, 3.05) is 5.32 Å². The van der Waals surface area contributed by atoms with Gasteiger partial charge >= 0.3 is 5.97 Å². The Hall–Kier alpha value is -1.84. The van der Waals surface area contributed by atoms with Crippen LogP contribution in [0.4, 0.5) is 5.69 Å². The van der Waals surface area contributed by atoms with Crippen LogP contribution < -0.4 is 5.32 Å². The summed E-state index contributed by atoms with van der Waals surface area (Å²) in [6.07, 6.45) is 0. The minimum atomic E-state index is -0.991. The summed E-state index contributed by atoms with van der Waals surface area (Å²) in [4.78, 5) is 21.5. The van der Waals surface area contributed by atoms with Crippen LogP contribution in [0, 0.1) is 6.92 Å². The second-order valence-electron chi connectivity index (χ2n) is 2.96. The van der Waals surface area contributed by atoms with Crippen molar-refractivity contribution in [3.8, 4) is 0 Å². The molecule has 0 aliphatic rings. The average molecular weight is 193 g/mol. The number of carbonyl (C=O) groups is 2. The molecule has 4 heteroatoms. The third-order valence-corrected chi connectivity index (χ3v) is 1.87. The molecule has 2 N–H and O–H groups in total. The molecule has 1 rings (SSSR count). The van der Waals surface area contributed by atoms with Gasteiger partial charge in [-0.1, -0.05) is 6.07 Å². The van der Waals surface area contributed by atoms with Crippen LogP contribution in [0.25, 0.3) is 0 Å². The summed E-state index contributed by atoms with van der Waals surface area (Å²) in [5.74, 6) is -1.20. The summed E-state index contributed by atoms with van der Waals surface area (Å²) in [6.45, 7) is 3.04. The van der Waals surface area contributed by atoms with Crippen molar-refractivity contribution >= 4 is 17.6 Å². The van der Waals surface area contributed by atoms with Gasteiger partial charge in [0.25, 0.3) is 0 Å². The molecule has 0 fully saturated rings. The summed E-state index contributed by atoms with van der Waals surface area (Å²) in [5, 5.41) is 11.4. The van der Waals surface area contributed by atoms with E-state index >= 15 is 0 Å². The monoisotopic (exact) mass is 193 g/mol. The van der Waals surface area contributed by atoms with Crippen LogP contribution in [0.5, 0.6) is 0 Å². The Balaban J connectivity index is 3.13. The molecule has 14 heavy (non-hydrogen) atoms. The van der Waals surface area contributed by atoms with E-state index in [-0.39, 0.29) is 11.5 Å². The van der Waals surface area contributed by atoms with Crippen LogP contribution in [0.2, 0.25) is 0 Å². The van der Waals surface area contributed by atoms with Gasteiger partial charge in [-0.15, -0.1) is 0 Å². The lowest BCUT2D eigenvalue weighted by Gasteiger charge is -2.08. The van der Waals surface area contributed by atoms with Gasteiger partial charge in [0.1, 0.15) is 0 Å². The third kappa shape index (κ3) is 2.10. The van der Waals surface area contributed by atoms with E-state index in [1.807, 2.05) is 0 Å². The minimum Gasteiger partial charge on any atom is -0.478 e. The number of carboxylic acid groups (broad SMARTS) is 1. The van der Waals surface area contributed by atoms with Crippen molar-refractivity contribution in [2.24, 2.45) is 0 Å². The Labute approximate surface area is 81.6 Å². The molecule has 74 valence electrons. The fraction of sp³-hybridized carbons (Fsp3) is 0.200. The standard InChI is InChI=1S/C10H11NO3/c1-6-8(10(13)14)4-3-5-9(6)11-7(2)12/h3-5H,1-2H3,(H,11,12)(H,13,14). The summed E-state index contributed by atoms with van der Waals surface area (Å²) in [5.41, 5.74) is 1.31. The van der Waals surface area contributed by atoms with Gasteiger partial charge in [-0.25, -0.2) is 4.79 Å². The fourth-order valence-electron chi connectivity index (χ4n) is 1.19. The lowest BCUT2D eigenvalue weighted by atomic mass is 10.1. The number of hydrogen-bond acceptors (Lipinski definition) is 2. The van der Waals surface area contributed by atoms with Crippen LogP contribution >= 0.6 is 0 Å². The van der Waals surface area contributed by atoms with Crippen molar-refractivity contribution in [3.63, 3.8) is 0 Å². The molecule has 0 aliphatic heterocycles. The number of anilines is 1. The molecular weight excluding hydrogens is 182 g/mol. The molecule has 0 radical (unpaired) electrons. The summed E-state index contributed by atoms with van der Waals surface area (Å²) in [6, 6.07) is 4.77. The highest BCUT2D eigenvalue weighted by Gasteiger charge is 2.09. The van der Waals surface area contributed by atoms with Crippen LogP contribution in [-0.4, -0.2) is 17.0 Å². The second kappa shape index (κ2) is 3.91. The van der Waals surface area contributed by atoms with Crippen molar-refractivity contribution in [1.29, 1.82) is 0 Å². The first-order valence-electron chi connectivity index (χ1n) is 4.13. The molecule has 1 aromatic rings. The largest absolute Gasteiger partial charge is 0.478 e. The van der Waals surface area contributed by atoms with Gasteiger partial charge in [0, 0.05) is 12.6 Å². The van der Waals surface area contributed by atoms with E-state index in [9.17, 15) is 9.59 Å². The average Bonchev–Trinajstić information content (AvgIpc) is 2.07. The molecule has 1 amide bonds. The minimum absolute atomic E-state index is 0.205. The SMILES string of the molecule is CC(=O)Nc1cccc(C(=O)O)c1C. The lowest BCUT2D eigenvalue weighted by molar-refractivity contribution is -0.114. The maximum atomic E-state index is 10.8. The molecule has 0 spiro atoms. The number of carboxylic acids is 1. The van der Waals surface area contributed by atoms with E-state index in [0.717, 1.165) is 0 Å². The molecule has 0 bridgehead atoms. The van der Waals surface area contributed by atoms with Gasteiger partial charge in [0.2, 0.25) is 5.91 Å². The summed E-state index contributed by atoms with van der Waals surface area (Å²) >= 11 is 0. The predicted molar refractivity (Wildman–Crippen MR) is 52.4 cm³/mol. The molecule has 4 nitrogen and oxygen atoms in total. The van der Waals surface area contributed by atoms with Crippen LogP contribution in [0.1, 0.15) is 22.8 Å². The second-order valence-corrected chi connectivity index (χ2v) is 2.96. The Morgan fingerprint density at radius 3 is 2.50 bits per heavy atom. The number of nitrogens with one attached hydrogen (secondary N) is 1. The summed E-state index contributed by atoms with van der Waals surface area (Å²) < 4.78 is 0. The van der Waals surface area contributed by atoms with Crippen LogP contribution in [-0.2, 0) is 4.79 Å². The Bertz CT molecular complexity index is 385. The van der Waals surface area contributed by atoms with Crippen LogP contribution in [0.15, 0.2) is 18.2 Å². The first kappa shape index (κ1) is 10.2. The molecule has 0 heterocycles. The van der Waals surface area contributed by atoms with Gasteiger partial charge in [-0.05, 0) is 24.6 Å². The quantitative estimate of drug-likeness (QED) is 0.750. The maximum Gasteiger partial charge on any atom is 0.336 e. The molecule has 0 saturated carbocycles. The number of aromatic carboxylic acids is 1. The molecule has 0 aliphatic carbocycles.